The predicted octanol–water partition coefficient (Wildman–Crippen LogP) is 3.38. The Labute approximate surface area is 95.7 Å². The van der Waals surface area contributed by atoms with E-state index in [0.29, 0.717) is 0 Å². The summed E-state index contributed by atoms with van der Waals surface area (Å²) in [4.78, 5) is 10.8. The van der Waals surface area contributed by atoms with Crippen molar-refractivity contribution in [2.24, 2.45) is 0 Å². The number of aromatic hydroxyl groups is 1. The quantitative estimate of drug-likeness (QED) is 0.802. The fourth-order valence-electron chi connectivity index (χ4n) is 1.75. The fraction of sp³-hybridized carbons (Fsp3) is 0.462. The number of phenols is 1. The van der Waals surface area contributed by atoms with E-state index in [-0.39, 0.29) is 17.2 Å². The highest BCUT2D eigenvalue weighted by atomic mass is 16.4. The first-order valence-electron chi connectivity index (χ1n) is 5.62. The largest absolute Gasteiger partial charge is 0.508 e. The second-order valence-corrected chi connectivity index (χ2v) is 4.12. The number of carbonyl (C=O) groups is 1. The summed E-state index contributed by atoms with van der Waals surface area (Å²) in [6.07, 6.45) is 3.15. The zero-order valence-electron chi connectivity index (χ0n) is 9.73. The number of rotatable bonds is 5. The molecule has 0 saturated carbocycles. The van der Waals surface area contributed by atoms with Crippen molar-refractivity contribution in [3.63, 3.8) is 0 Å². The van der Waals surface area contributed by atoms with Crippen LogP contribution in [0.5, 0.6) is 5.75 Å². The third-order valence-corrected chi connectivity index (χ3v) is 2.80. The van der Waals surface area contributed by atoms with Crippen LogP contribution in [-0.4, -0.2) is 16.2 Å². The van der Waals surface area contributed by atoms with E-state index in [1.807, 2.05) is 6.92 Å². The van der Waals surface area contributed by atoms with Crippen LogP contribution in [0.3, 0.4) is 0 Å². The van der Waals surface area contributed by atoms with Crippen LogP contribution in [0, 0.1) is 0 Å². The Bertz CT molecular complexity index is 371. The monoisotopic (exact) mass is 222 g/mol. The number of phenolic OH excluding ortho intramolecular Hbond substituents is 1. The van der Waals surface area contributed by atoms with Crippen LogP contribution in [-0.2, 0) is 0 Å². The number of unbranched alkanes of at least 4 members (excludes halogenated alkanes) is 1. The van der Waals surface area contributed by atoms with E-state index in [2.05, 4.69) is 6.92 Å². The van der Waals surface area contributed by atoms with Crippen LogP contribution in [0.1, 0.15) is 54.9 Å². The minimum absolute atomic E-state index is 0.189. The molecule has 0 radical (unpaired) electrons. The van der Waals surface area contributed by atoms with Crippen molar-refractivity contribution in [2.45, 2.75) is 39.0 Å². The maximum absolute atomic E-state index is 10.8. The third kappa shape index (κ3) is 2.99. The second kappa shape index (κ2) is 5.54. The summed E-state index contributed by atoms with van der Waals surface area (Å²) in [6, 6.07) is 4.45. The van der Waals surface area contributed by atoms with Gasteiger partial charge in [0.2, 0.25) is 0 Å². The number of carboxylic acids is 1. The molecule has 1 atom stereocenters. The smallest absolute Gasteiger partial charge is 0.335 e. The van der Waals surface area contributed by atoms with Crippen molar-refractivity contribution in [1.82, 2.24) is 0 Å². The van der Waals surface area contributed by atoms with E-state index >= 15 is 0 Å². The van der Waals surface area contributed by atoms with Gasteiger partial charge in [0.15, 0.2) is 0 Å². The highest BCUT2D eigenvalue weighted by molar-refractivity contribution is 5.88. The Morgan fingerprint density at radius 3 is 2.69 bits per heavy atom. The van der Waals surface area contributed by atoms with Crippen LogP contribution in [0.15, 0.2) is 18.2 Å². The molecule has 0 aromatic heterocycles. The van der Waals surface area contributed by atoms with Crippen molar-refractivity contribution in [3.05, 3.63) is 29.3 Å². The lowest BCUT2D eigenvalue weighted by molar-refractivity contribution is 0.0696. The Morgan fingerprint density at radius 2 is 2.12 bits per heavy atom. The molecule has 16 heavy (non-hydrogen) atoms. The van der Waals surface area contributed by atoms with Gasteiger partial charge in [0.1, 0.15) is 5.75 Å². The molecule has 0 spiro atoms. The molecular formula is C13H18O3. The average Bonchev–Trinajstić information content (AvgIpc) is 2.26. The molecule has 0 aliphatic carbocycles. The normalized spacial score (nSPS) is 12.4. The molecule has 0 saturated heterocycles. The van der Waals surface area contributed by atoms with Crippen LogP contribution in [0.4, 0.5) is 0 Å². The topological polar surface area (TPSA) is 57.5 Å². The summed E-state index contributed by atoms with van der Waals surface area (Å²) in [7, 11) is 0. The van der Waals surface area contributed by atoms with Gasteiger partial charge in [0, 0.05) is 0 Å². The third-order valence-electron chi connectivity index (χ3n) is 2.80. The van der Waals surface area contributed by atoms with Gasteiger partial charge < -0.3 is 10.2 Å². The molecule has 3 heteroatoms. The highest BCUT2D eigenvalue weighted by Crippen LogP contribution is 2.30. The Kier molecular flexibility index (Phi) is 4.35. The van der Waals surface area contributed by atoms with Gasteiger partial charge in [-0.05, 0) is 36.1 Å². The first kappa shape index (κ1) is 12.6. The molecular weight excluding hydrogens is 204 g/mol. The minimum atomic E-state index is -0.955. The van der Waals surface area contributed by atoms with E-state index in [1.54, 1.807) is 6.07 Å². The van der Waals surface area contributed by atoms with Gasteiger partial charge in [-0.25, -0.2) is 4.79 Å². The maximum Gasteiger partial charge on any atom is 0.335 e. The number of aromatic carboxylic acids is 1. The van der Waals surface area contributed by atoms with Crippen LogP contribution in [0.25, 0.3) is 0 Å². The van der Waals surface area contributed by atoms with Gasteiger partial charge >= 0.3 is 5.97 Å². The zero-order valence-corrected chi connectivity index (χ0v) is 9.73. The Balaban J connectivity index is 2.92. The highest BCUT2D eigenvalue weighted by Gasteiger charge is 2.13. The van der Waals surface area contributed by atoms with Crippen molar-refractivity contribution in [2.75, 3.05) is 0 Å². The molecule has 1 aromatic carbocycles. The number of hydrogen-bond donors (Lipinski definition) is 2. The predicted molar refractivity (Wildman–Crippen MR) is 63.0 cm³/mol. The van der Waals surface area contributed by atoms with E-state index in [0.717, 1.165) is 24.8 Å². The van der Waals surface area contributed by atoms with E-state index in [9.17, 15) is 9.90 Å². The lowest BCUT2D eigenvalue weighted by Gasteiger charge is -2.13. The molecule has 0 bridgehead atoms. The first-order chi connectivity index (χ1) is 7.56. The maximum atomic E-state index is 10.8. The summed E-state index contributed by atoms with van der Waals surface area (Å²) in [5, 5.41) is 18.6. The van der Waals surface area contributed by atoms with Gasteiger partial charge in [0.25, 0.3) is 0 Å². The van der Waals surface area contributed by atoms with Crippen LogP contribution < -0.4 is 0 Å². The average molecular weight is 222 g/mol. The van der Waals surface area contributed by atoms with Crippen molar-refractivity contribution in [3.8, 4) is 5.75 Å². The van der Waals surface area contributed by atoms with E-state index < -0.39 is 5.97 Å². The molecule has 0 amide bonds. The molecule has 3 nitrogen and oxygen atoms in total. The molecule has 2 N–H and O–H groups in total. The van der Waals surface area contributed by atoms with E-state index in [4.69, 9.17) is 5.11 Å². The molecule has 1 rings (SSSR count). The standard InChI is InChI=1S/C13H18O3/c1-3-4-5-9(2)11-8-10(13(15)16)6-7-12(11)14/h6-9,14H,3-5H2,1-2H3,(H,15,16)/t9-/m0/s1. The van der Waals surface area contributed by atoms with Crippen molar-refractivity contribution >= 4 is 5.97 Å². The van der Waals surface area contributed by atoms with Gasteiger partial charge in [-0.15, -0.1) is 0 Å². The van der Waals surface area contributed by atoms with Gasteiger partial charge in [-0.1, -0.05) is 26.7 Å². The first-order valence-corrected chi connectivity index (χ1v) is 5.62. The lowest BCUT2D eigenvalue weighted by atomic mass is 9.93. The number of benzene rings is 1. The molecule has 1 aromatic rings. The SMILES string of the molecule is CCCC[C@H](C)c1cc(C(=O)O)ccc1O. The number of carboxylic acid groups (broad SMARTS) is 1. The Hall–Kier alpha value is -1.51. The van der Waals surface area contributed by atoms with E-state index in [1.165, 1.54) is 12.1 Å². The van der Waals surface area contributed by atoms with Gasteiger partial charge in [-0.3, -0.25) is 0 Å². The summed E-state index contributed by atoms with van der Waals surface area (Å²) in [5.41, 5.74) is 0.962. The summed E-state index contributed by atoms with van der Waals surface area (Å²) in [5.74, 6) is -0.572. The molecule has 88 valence electrons. The minimum Gasteiger partial charge on any atom is -0.508 e. The molecule has 0 unspecified atom stereocenters. The van der Waals surface area contributed by atoms with Gasteiger partial charge in [0.05, 0.1) is 5.56 Å². The lowest BCUT2D eigenvalue weighted by Crippen LogP contribution is -2.00. The fourth-order valence-corrected chi connectivity index (χ4v) is 1.75. The second-order valence-electron chi connectivity index (χ2n) is 4.12. The number of hydrogen-bond acceptors (Lipinski definition) is 2. The summed E-state index contributed by atoms with van der Waals surface area (Å²) in [6.45, 7) is 4.12. The van der Waals surface area contributed by atoms with Crippen LogP contribution in [0.2, 0.25) is 0 Å². The van der Waals surface area contributed by atoms with Gasteiger partial charge in [-0.2, -0.15) is 0 Å². The molecule has 0 aliphatic rings. The summed E-state index contributed by atoms with van der Waals surface area (Å²) >= 11 is 0. The molecule has 0 fully saturated rings. The van der Waals surface area contributed by atoms with Crippen molar-refractivity contribution in [1.29, 1.82) is 0 Å². The van der Waals surface area contributed by atoms with Crippen LogP contribution >= 0.6 is 0 Å². The molecule has 0 aliphatic heterocycles. The van der Waals surface area contributed by atoms with Crippen molar-refractivity contribution < 1.29 is 15.0 Å². The Morgan fingerprint density at radius 1 is 1.44 bits per heavy atom. The summed E-state index contributed by atoms with van der Waals surface area (Å²) < 4.78 is 0. The zero-order chi connectivity index (χ0) is 12.1. The molecule has 0 heterocycles.